The van der Waals surface area contributed by atoms with Crippen molar-refractivity contribution in [2.75, 3.05) is 14.1 Å². The monoisotopic (exact) mass is 315 g/mol. The van der Waals surface area contributed by atoms with Crippen LogP contribution in [0.5, 0.6) is 0 Å². The maximum Gasteiger partial charge on any atom is 0.148 e. The molecule has 1 aliphatic carbocycles. The molecule has 1 N–H and O–H groups in total. The number of aliphatic hydroxyl groups is 1. The zero-order chi connectivity index (χ0) is 13.3. The highest BCUT2D eigenvalue weighted by molar-refractivity contribution is 9.10. The van der Waals surface area contributed by atoms with Gasteiger partial charge >= 0.3 is 0 Å². The van der Waals surface area contributed by atoms with Crippen LogP contribution in [0.3, 0.4) is 0 Å². The second kappa shape index (κ2) is 5.35. The Morgan fingerprint density at radius 1 is 1.56 bits per heavy atom. The Kier molecular flexibility index (Phi) is 4.19. The van der Waals surface area contributed by atoms with Crippen molar-refractivity contribution in [3.8, 4) is 0 Å². The van der Waals surface area contributed by atoms with Crippen molar-refractivity contribution < 1.29 is 9.52 Å². The summed E-state index contributed by atoms with van der Waals surface area (Å²) in [6.45, 7) is 2.27. The van der Waals surface area contributed by atoms with Gasteiger partial charge in [0.2, 0.25) is 0 Å². The minimum absolute atomic E-state index is 0.210. The van der Waals surface area contributed by atoms with Gasteiger partial charge in [-0.15, -0.1) is 0 Å². The highest BCUT2D eigenvalue weighted by Crippen LogP contribution is 2.45. The maximum atomic E-state index is 10.8. The molecule has 3 nitrogen and oxygen atoms in total. The first-order valence-corrected chi connectivity index (χ1v) is 7.35. The van der Waals surface area contributed by atoms with E-state index in [2.05, 4.69) is 41.8 Å². The molecule has 0 saturated heterocycles. The zero-order valence-corrected chi connectivity index (χ0v) is 12.9. The molecule has 1 aromatic heterocycles. The number of furan rings is 1. The number of nitrogens with zero attached hydrogens (tertiary/aromatic N) is 1. The first kappa shape index (κ1) is 14.1. The zero-order valence-electron chi connectivity index (χ0n) is 11.3. The van der Waals surface area contributed by atoms with E-state index in [0.717, 1.165) is 23.7 Å². The molecule has 18 heavy (non-hydrogen) atoms. The molecule has 0 spiro atoms. The summed E-state index contributed by atoms with van der Waals surface area (Å²) in [5.74, 6) is 1.29. The minimum Gasteiger partial charge on any atom is -0.465 e. The number of rotatable bonds is 3. The average molecular weight is 316 g/mol. The second-order valence-electron chi connectivity index (χ2n) is 5.73. The quantitative estimate of drug-likeness (QED) is 0.926. The molecular weight excluding hydrogens is 294 g/mol. The standard InChI is InChI=1S/C14H22BrNO2/c1-10-5-4-7-14(9-10,16(2)3)13(17)12-11(15)6-8-18-12/h6,8,10,13,17H,4-5,7,9H2,1-3H3. The Morgan fingerprint density at radius 2 is 2.28 bits per heavy atom. The fourth-order valence-corrected chi connectivity index (χ4v) is 3.63. The molecule has 1 heterocycles. The van der Waals surface area contributed by atoms with Crippen LogP contribution < -0.4 is 0 Å². The van der Waals surface area contributed by atoms with E-state index in [1.165, 1.54) is 6.42 Å². The highest BCUT2D eigenvalue weighted by Gasteiger charge is 2.45. The van der Waals surface area contributed by atoms with Gasteiger partial charge in [0.1, 0.15) is 11.9 Å². The van der Waals surface area contributed by atoms with E-state index in [4.69, 9.17) is 4.42 Å². The van der Waals surface area contributed by atoms with E-state index < -0.39 is 6.10 Å². The van der Waals surface area contributed by atoms with E-state index in [0.29, 0.717) is 11.7 Å². The van der Waals surface area contributed by atoms with Crippen molar-refractivity contribution in [1.29, 1.82) is 0 Å². The van der Waals surface area contributed by atoms with E-state index in [-0.39, 0.29) is 5.54 Å². The number of hydrogen-bond donors (Lipinski definition) is 1. The summed E-state index contributed by atoms with van der Waals surface area (Å²) in [7, 11) is 4.11. The summed E-state index contributed by atoms with van der Waals surface area (Å²) in [5.41, 5.74) is -0.210. The molecule has 102 valence electrons. The van der Waals surface area contributed by atoms with Crippen molar-refractivity contribution >= 4 is 15.9 Å². The molecular formula is C14H22BrNO2. The van der Waals surface area contributed by atoms with E-state index in [1.54, 1.807) is 6.26 Å². The predicted molar refractivity (Wildman–Crippen MR) is 75.4 cm³/mol. The minimum atomic E-state index is -0.584. The lowest BCUT2D eigenvalue weighted by molar-refractivity contribution is -0.0550. The van der Waals surface area contributed by atoms with Crippen molar-refractivity contribution in [2.45, 2.75) is 44.2 Å². The first-order chi connectivity index (χ1) is 8.47. The molecule has 3 unspecified atom stereocenters. The van der Waals surface area contributed by atoms with E-state index in [9.17, 15) is 5.11 Å². The third-order valence-corrected chi connectivity index (χ3v) is 4.96. The summed E-state index contributed by atoms with van der Waals surface area (Å²) in [6.07, 6.45) is 5.47. The molecule has 0 aliphatic heterocycles. The largest absolute Gasteiger partial charge is 0.465 e. The van der Waals surface area contributed by atoms with Gasteiger partial charge < -0.3 is 14.4 Å². The van der Waals surface area contributed by atoms with Crippen molar-refractivity contribution in [3.63, 3.8) is 0 Å². The first-order valence-electron chi connectivity index (χ1n) is 6.56. The number of halogens is 1. The number of likely N-dealkylation sites (N-methyl/N-ethyl adjacent to an activating group) is 1. The Balaban J connectivity index is 2.33. The lowest BCUT2D eigenvalue weighted by Gasteiger charge is -2.47. The van der Waals surface area contributed by atoms with Gasteiger partial charge in [0, 0.05) is 0 Å². The molecule has 1 aliphatic rings. The summed E-state index contributed by atoms with van der Waals surface area (Å²) in [6, 6.07) is 1.84. The normalized spacial score (nSPS) is 30.7. The molecule has 0 bridgehead atoms. The molecule has 4 heteroatoms. The van der Waals surface area contributed by atoms with Crippen molar-refractivity contribution in [2.24, 2.45) is 5.92 Å². The smallest absolute Gasteiger partial charge is 0.148 e. The molecule has 0 amide bonds. The van der Waals surface area contributed by atoms with Gasteiger partial charge in [-0.1, -0.05) is 19.8 Å². The van der Waals surface area contributed by atoms with Crippen LogP contribution in [0, 0.1) is 5.92 Å². The molecule has 0 aromatic carbocycles. The Hall–Kier alpha value is -0.320. The lowest BCUT2D eigenvalue weighted by atomic mass is 9.72. The fraction of sp³-hybridized carbons (Fsp3) is 0.714. The third kappa shape index (κ3) is 2.38. The van der Waals surface area contributed by atoms with Crippen LogP contribution in [0.1, 0.15) is 44.5 Å². The Morgan fingerprint density at radius 3 is 2.78 bits per heavy atom. The summed E-state index contributed by atoms with van der Waals surface area (Å²) < 4.78 is 6.32. The lowest BCUT2D eigenvalue weighted by Crippen LogP contribution is -2.52. The molecule has 2 rings (SSSR count). The number of aliphatic hydroxyl groups excluding tert-OH is 1. The van der Waals surface area contributed by atoms with Crippen LogP contribution in [0.4, 0.5) is 0 Å². The Labute approximate surface area is 117 Å². The van der Waals surface area contributed by atoms with Gasteiger partial charge in [0.25, 0.3) is 0 Å². The van der Waals surface area contributed by atoms with Crippen LogP contribution in [-0.2, 0) is 0 Å². The van der Waals surface area contributed by atoms with Gasteiger partial charge in [0.15, 0.2) is 0 Å². The molecule has 1 fully saturated rings. The second-order valence-corrected chi connectivity index (χ2v) is 6.59. The van der Waals surface area contributed by atoms with Gasteiger partial charge in [-0.3, -0.25) is 0 Å². The molecule has 1 saturated carbocycles. The highest BCUT2D eigenvalue weighted by atomic mass is 79.9. The topological polar surface area (TPSA) is 36.6 Å². The van der Waals surface area contributed by atoms with Crippen molar-refractivity contribution in [1.82, 2.24) is 4.90 Å². The average Bonchev–Trinajstić information content (AvgIpc) is 2.74. The van der Waals surface area contributed by atoms with E-state index >= 15 is 0 Å². The number of hydrogen-bond acceptors (Lipinski definition) is 3. The molecule has 3 atom stereocenters. The van der Waals surface area contributed by atoms with Crippen LogP contribution in [0.25, 0.3) is 0 Å². The maximum absolute atomic E-state index is 10.8. The van der Waals surface area contributed by atoms with E-state index in [1.807, 2.05) is 6.07 Å². The summed E-state index contributed by atoms with van der Waals surface area (Å²) in [4.78, 5) is 2.17. The summed E-state index contributed by atoms with van der Waals surface area (Å²) in [5, 5.41) is 10.8. The van der Waals surface area contributed by atoms with Gasteiger partial charge in [-0.25, -0.2) is 0 Å². The fourth-order valence-electron chi connectivity index (χ4n) is 3.21. The molecule has 0 radical (unpaired) electrons. The molecule has 1 aromatic rings. The third-order valence-electron chi connectivity index (χ3n) is 4.30. The SMILES string of the molecule is CC1CCCC(C(O)c2occc2Br)(N(C)C)C1. The predicted octanol–water partition coefficient (Wildman–Crippen LogP) is 3.59. The Bertz CT molecular complexity index is 404. The summed E-state index contributed by atoms with van der Waals surface area (Å²) >= 11 is 3.45. The van der Waals surface area contributed by atoms with Crippen LogP contribution >= 0.6 is 15.9 Å². The van der Waals surface area contributed by atoms with Crippen LogP contribution in [-0.4, -0.2) is 29.6 Å². The van der Waals surface area contributed by atoms with Crippen LogP contribution in [0.2, 0.25) is 0 Å². The van der Waals surface area contributed by atoms with Gasteiger partial charge in [-0.2, -0.15) is 0 Å². The van der Waals surface area contributed by atoms with Gasteiger partial charge in [-0.05, 0) is 54.9 Å². The van der Waals surface area contributed by atoms with Crippen LogP contribution in [0.15, 0.2) is 21.2 Å². The van der Waals surface area contributed by atoms with Gasteiger partial charge in [0.05, 0.1) is 16.3 Å². The van der Waals surface area contributed by atoms with Crippen molar-refractivity contribution in [3.05, 3.63) is 22.6 Å².